The Morgan fingerprint density at radius 3 is 2.96 bits per heavy atom. The van der Waals surface area contributed by atoms with E-state index in [2.05, 4.69) is 20.9 Å². The summed E-state index contributed by atoms with van der Waals surface area (Å²) in [4.78, 5) is 30.5. The molecule has 1 atom stereocenters. The van der Waals surface area contributed by atoms with Gasteiger partial charge >= 0.3 is 0 Å². The smallest absolute Gasteiger partial charge is 0.225 e. The Balaban J connectivity index is 1.22. The Labute approximate surface area is 147 Å². The van der Waals surface area contributed by atoms with Gasteiger partial charge in [-0.15, -0.1) is 0 Å². The predicted octanol–water partition coefficient (Wildman–Crippen LogP) is 1.80. The van der Waals surface area contributed by atoms with Crippen molar-refractivity contribution in [2.24, 2.45) is 11.8 Å². The van der Waals surface area contributed by atoms with Gasteiger partial charge in [0.25, 0.3) is 0 Å². The Morgan fingerprint density at radius 1 is 1.28 bits per heavy atom. The summed E-state index contributed by atoms with van der Waals surface area (Å²) in [5.74, 6) is 0.648. The zero-order chi connectivity index (χ0) is 17.2. The van der Waals surface area contributed by atoms with Crippen LogP contribution in [0.25, 0.3) is 11.0 Å². The Kier molecular flexibility index (Phi) is 4.42. The minimum Gasteiger partial charge on any atom is -0.356 e. The highest BCUT2D eigenvalue weighted by molar-refractivity contribution is 5.89. The van der Waals surface area contributed by atoms with Gasteiger partial charge in [0.1, 0.15) is 0 Å². The molecular formula is C19H24N4O2. The summed E-state index contributed by atoms with van der Waals surface area (Å²) < 4.78 is 2.11. The zero-order valence-corrected chi connectivity index (χ0v) is 14.4. The van der Waals surface area contributed by atoms with Gasteiger partial charge in [-0.05, 0) is 37.3 Å². The molecule has 0 bridgehead atoms. The van der Waals surface area contributed by atoms with Crippen LogP contribution in [0.5, 0.6) is 0 Å². The highest BCUT2D eigenvalue weighted by atomic mass is 16.2. The van der Waals surface area contributed by atoms with Crippen molar-refractivity contribution in [3.63, 3.8) is 0 Å². The summed E-state index contributed by atoms with van der Waals surface area (Å²) in [5, 5.41) is 2.99. The lowest BCUT2D eigenvalue weighted by Gasteiger charge is -2.16. The second-order valence-corrected chi connectivity index (χ2v) is 7.21. The van der Waals surface area contributed by atoms with Crippen molar-refractivity contribution in [3.05, 3.63) is 30.6 Å². The summed E-state index contributed by atoms with van der Waals surface area (Å²) in [6.07, 6.45) is 5.51. The number of amides is 2. The predicted molar refractivity (Wildman–Crippen MR) is 94.8 cm³/mol. The van der Waals surface area contributed by atoms with E-state index in [0.717, 1.165) is 30.5 Å². The molecule has 1 aliphatic carbocycles. The Hall–Kier alpha value is -2.37. The molecule has 1 saturated heterocycles. The Morgan fingerprint density at radius 2 is 2.12 bits per heavy atom. The SMILES string of the molecule is O=C(NCCCn1cnc2ccccc21)[C@@H]1CC(=O)N(CC2CC2)C1. The number of imidazole rings is 1. The van der Waals surface area contributed by atoms with Gasteiger partial charge < -0.3 is 14.8 Å². The molecule has 1 aromatic carbocycles. The van der Waals surface area contributed by atoms with E-state index in [9.17, 15) is 9.59 Å². The zero-order valence-electron chi connectivity index (χ0n) is 14.4. The number of benzene rings is 1. The highest BCUT2D eigenvalue weighted by Crippen LogP contribution is 2.31. The third-order valence-electron chi connectivity index (χ3n) is 5.16. The number of nitrogens with zero attached hydrogens (tertiary/aromatic N) is 3. The third-order valence-corrected chi connectivity index (χ3v) is 5.16. The molecule has 1 N–H and O–H groups in total. The fourth-order valence-corrected chi connectivity index (χ4v) is 3.53. The second-order valence-electron chi connectivity index (χ2n) is 7.21. The molecule has 1 aliphatic heterocycles. The molecule has 0 unspecified atom stereocenters. The number of aryl methyl sites for hydroxylation is 1. The van der Waals surface area contributed by atoms with E-state index in [-0.39, 0.29) is 17.7 Å². The number of hydrogen-bond acceptors (Lipinski definition) is 3. The number of carbonyl (C=O) groups is 2. The first-order chi connectivity index (χ1) is 12.2. The van der Waals surface area contributed by atoms with Crippen LogP contribution < -0.4 is 5.32 Å². The van der Waals surface area contributed by atoms with Gasteiger partial charge in [-0.1, -0.05) is 12.1 Å². The first kappa shape index (κ1) is 16.1. The number of likely N-dealkylation sites (tertiary alicyclic amines) is 1. The number of rotatable bonds is 7. The van der Waals surface area contributed by atoms with Crippen LogP contribution in [-0.4, -0.2) is 45.9 Å². The molecule has 6 heteroatoms. The van der Waals surface area contributed by atoms with Crippen molar-refractivity contribution in [3.8, 4) is 0 Å². The summed E-state index contributed by atoms with van der Waals surface area (Å²) in [7, 11) is 0. The van der Waals surface area contributed by atoms with Gasteiger partial charge in [-0.3, -0.25) is 9.59 Å². The average Bonchev–Trinajstić information content (AvgIpc) is 3.23. The number of carbonyl (C=O) groups excluding carboxylic acids is 2. The quantitative estimate of drug-likeness (QED) is 0.782. The van der Waals surface area contributed by atoms with Gasteiger partial charge in [0.2, 0.25) is 11.8 Å². The fraction of sp³-hybridized carbons (Fsp3) is 0.526. The maximum absolute atomic E-state index is 12.3. The lowest BCUT2D eigenvalue weighted by atomic mass is 10.1. The molecule has 0 radical (unpaired) electrons. The molecule has 2 aliphatic rings. The maximum atomic E-state index is 12.3. The van der Waals surface area contributed by atoms with Gasteiger partial charge in [-0.2, -0.15) is 0 Å². The van der Waals surface area contributed by atoms with Gasteiger partial charge in [0.15, 0.2) is 0 Å². The number of nitrogens with one attached hydrogen (secondary N) is 1. The van der Waals surface area contributed by atoms with Crippen molar-refractivity contribution in [2.45, 2.75) is 32.2 Å². The third kappa shape index (κ3) is 3.67. The van der Waals surface area contributed by atoms with Crippen LogP contribution in [0.15, 0.2) is 30.6 Å². The Bertz CT molecular complexity index is 781. The lowest BCUT2D eigenvalue weighted by Crippen LogP contribution is -2.34. The molecule has 4 rings (SSSR count). The summed E-state index contributed by atoms with van der Waals surface area (Å²) in [5.41, 5.74) is 2.11. The van der Waals surface area contributed by atoms with Gasteiger partial charge in [0, 0.05) is 32.6 Å². The number of fused-ring (bicyclic) bond motifs is 1. The van der Waals surface area contributed by atoms with E-state index < -0.39 is 0 Å². The molecule has 0 spiro atoms. The monoisotopic (exact) mass is 340 g/mol. The van der Waals surface area contributed by atoms with E-state index in [1.54, 1.807) is 0 Å². The minimum atomic E-state index is -0.180. The molecule has 1 aromatic heterocycles. The van der Waals surface area contributed by atoms with E-state index in [1.807, 2.05) is 29.4 Å². The molecule has 1 saturated carbocycles. The van der Waals surface area contributed by atoms with Crippen molar-refractivity contribution in [1.82, 2.24) is 19.8 Å². The largest absolute Gasteiger partial charge is 0.356 e. The normalized spacial score (nSPS) is 20.4. The first-order valence-electron chi connectivity index (χ1n) is 9.16. The van der Waals surface area contributed by atoms with Crippen molar-refractivity contribution in [2.75, 3.05) is 19.6 Å². The van der Waals surface area contributed by atoms with Gasteiger partial charge in [0.05, 0.1) is 23.3 Å². The van der Waals surface area contributed by atoms with Crippen LogP contribution in [0.1, 0.15) is 25.7 Å². The van der Waals surface area contributed by atoms with Crippen molar-refractivity contribution < 1.29 is 9.59 Å². The van der Waals surface area contributed by atoms with Crippen LogP contribution in [-0.2, 0) is 16.1 Å². The van der Waals surface area contributed by atoms with Crippen molar-refractivity contribution >= 4 is 22.8 Å². The lowest BCUT2D eigenvalue weighted by molar-refractivity contribution is -0.129. The summed E-state index contributed by atoms with van der Waals surface area (Å²) in [6.45, 7) is 2.88. The molecular weight excluding hydrogens is 316 g/mol. The van der Waals surface area contributed by atoms with Crippen LogP contribution in [0.3, 0.4) is 0 Å². The van der Waals surface area contributed by atoms with E-state index >= 15 is 0 Å². The van der Waals surface area contributed by atoms with Crippen molar-refractivity contribution in [1.29, 1.82) is 0 Å². The molecule has 2 heterocycles. The molecule has 132 valence electrons. The van der Waals surface area contributed by atoms with Crippen LogP contribution in [0.4, 0.5) is 0 Å². The standard InChI is InChI=1S/C19H24N4O2/c24-18-10-15(12-23(18)11-14-6-7-14)19(25)20-8-3-9-22-13-21-16-4-1-2-5-17(16)22/h1-2,4-5,13-15H,3,6-12H2,(H,20,25)/t15-/m1/s1. The summed E-state index contributed by atoms with van der Waals surface area (Å²) in [6, 6.07) is 8.04. The van der Waals surface area contributed by atoms with E-state index in [1.165, 1.54) is 12.8 Å². The second kappa shape index (κ2) is 6.86. The van der Waals surface area contributed by atoms with Crippen LogP contribution in [0.2, 0.25) is 0 Å². The number of aromatic nitrogens is 2. The molecule has 25 heavy (non-hydrogen) atoms. The minimum absolute atomic E-state index is 0.0159. The number of para-hydroxylation sites is 2. The van der Waals surface area contributed by atoms with Crippen LogP contribution in [0, 0.1) is 11.8 Å². The maximum Gasteiger partial charge on any atom is 0.225 e. The van der Waals surface area contributed by atoms with Crippen LogP contribution >= 0.6 is 0 Å². The number of hydrogen-bond donors (Lipinski definition) is 1. The molecule has 2 aromatic rings. The molecule has 6 nitrogen and oxygen atoms in total. The first-order valence-corrected chi connectivity index (χ1v) is 9.16. The topological polar surface area (TPSA) is 67.2 Å². The van der Waals surface area contributed by atoms with E-state index in [0.29, 0.717) is 25.4 Å². The average molecular weight is 340 g/mol. The van der Waals surface area contributed by atoms with E-state index in [4.69, 9.17) is 0 Å². The molecule has 2 fully saturated rings. The highest BCUT2D eigenvalue weighted by Gasteiger charge is 2.36. The summed E-state index contributed by atoms with van der Waals surface area (Å²) >= 11 is 0. The fourth-order valence-electron chi connectivity index (χ4n) is 3.53. The molecule has 2 amide bonds. The van der Waals surface area contributed by atoms with Gasteiger partial charge in [-0.25, -0.2) is 4.98 Å².